The topological polar surface area (TPSA) is 76.1 Å². The van der Waals surface area contributed by atoms with Crippen molar-refractivity contribution in [2.45, 2.75) is 0 Å². The van der Waals surface area contributed by atoms with Crippen molar-refractivity contribution in [2.75, 3.05) is 21.2 Å². The van der Waals surface area contributed by atoms with Gasteiger partial charge in [-0.25, -0.2) is 9.59 Å². The molecule has 0 fully saturated rings. The summed E-state index contributed by atoms with van der Waals surface area (Å²) in [6.45, 7) is 0. The first-order chi connectivity index (χ1) is 7.95. The summed E-state index contributed by atoms with van der Waals surface area (Å²) in [5.74, 6) is -0.898. The molecule has 1 N–H and O–H groups in total. The van der Waals surface area contributed by atoms with Crippen LogP contribution in [0.1, 0.15) is 10.4 Å². The molecule has 1 amide bonds. The van der Waals surface area contributed by atoms with E-state index in [0.717, 1.165) is 0 Å². The lowest BCUT2D eigenvalue weighted by molar-refractivity contribution is 0.0600. The van der Waals surface area contributed by atoms with E-state index in [9.17, 15) is 14.7 Å². The van der Waals surface area contributed by atoms with Crippen LogP contribution in [0, 0.1) is 0 Å². The second-order valence-corrected chi connectivity index (χ2v) is 3.44. The number of ether oxygens (including phenoxy) is 2. The van der Waals surface area contributed by atoms with Crippen molar-refractivity contribution in [3.05, 3.63) is 23.8 Å². The quantitative estimate of drug-likeness (QED) is 0.786. The first-order valence-corrected chi connectivity index (χ1v) is 4.76. The molecule has 0 spiro atoms. The summed E-state index contributed by atoms with van der Waals surface area (Å²) >= 11 is 0. The van der Waals surface area contributed by atoms with Gasteiger partial charge in [-0.15, -0.1) is 0 Å². The van der Waals surface area contributed by atoms with Crippen LogP contribution in [0.4, 0.5) is 4.79 Å². The molecule has 17 heavy (non-hydrogen) atoms. The average molecular weight is 239 g/mol. The van der Waals surface area contributed by atoms with E-state index in [2.05, 4.69) is 4.74 Å². The van der Waals surface area contributed by atoms with Crippen LogP contribution in [-0.2, 0) is 4.74 Å². The van der Waals surface area contributed by atoms with E-state index < -0.39 is 12.1 Å². The fourth-order valence-corrected chi connectivity index (χ4v) is 1.03. The molecule has 0 radical (unpaired) electrons. The number of phenols is 1. The van der Waals surface area contributed by atoms with Gasteiger partial charge in [0, 0.05) is 14.1 Å². The summed E-state index contributed by atoms with van der Waals surface area (Å²) in [7, 11) is 4.27. The second kappa shape index (κ2) is 5.20. The van der Waals surface area contributed by atoms with Crippen LogP contribution < -0.4 is 4.74 Å². The maximum absolute atomic E-state index is 11.2. The van der Waals surface area contributed by atoms with Gasteiger partial charge in [-0.1, -0.05) is 0 Å². The van der Waals surface area contributed by atoms with Crippen LogP contribution in [0.2, 0.25) is 0 Å². The minimum absolute atomic E-state index is 0.0173. The predicted octanol–water partition coefficient (Wildman–Crippen LogP) is 1.24. The zero-order chi connectivity index (χ0) is 13.0. The zero-order valence-electron chi connectivity index (χ0n) is 9.76. The Morgan fingerprint density at radius 2 is 1.94 bits per heavy atom. The Morgan fingerprint density at radius 3 is 2.41 bits per heavy atom. The highest BCUT2D eigenvalue weighted by Gasteiger charge is 2.13. The van der Waals surface area contributed by atoms with Crippen molar-refractivity contribution < 1.29 is 24.2 Å². The van der Waals surface area contributed by atoms with Crippen LogP contribution in [-0.4, -0.2) is 43.3 Å². The molecule has 92 valence electrons. The number of nitrogens with zero attached hydrogens (tertiary/aromatic N) is 1. The first-order valence-electron chi connectivity index (χ1n) is 4.76. The van der Waals surface area contributed by atoms with E-state index >= 15 is 0 Å². The summed E-state index contributed by atoms with van der Waals surface area (Å²) in [5, 5.41) is 9.56. The third kappa shape index (κ3) is 3.10. The molecule has 0 atom stereocenters. The minimum Gasteiger partial charge on any atom is -0.504 e. The van der Waals surface area contributed by atoms with E-state index in [1.165, 1.54) is 44.3 Å². The fraction of sp³-hybridized carbons (Fsp3) is 0.273. The Labute approximate surface area is 98.4 Å². The van der Waals surface area contributed by atoms with Crippen molar-refractivity contribution in [1.82, 2.24) is 4.90 Å². The van der Waals surface area contributed by atoms with Gasteiger partial charge >= 0.3 is 12.1 Å². The Hall–Kier alpha value is -2.24. The Morgan fingerprint density at radius 1 is 1.29 bits per heavy atom. The number of hydrogen-bond donors (Lipinski definition) is 1. The van der Waals surface area contributed by atoms with Crippen molar-refractivity contribution in [1.29, 1.82) is 0 Å². The summed E-state index contributed by atoms with van der Waals surface area (Å²) in [6, 6.07) is 3.89. The average Bonchev–Trinajstić information content (AvgIpc) is 2.30. The Balaban J connectivity index is 2.90. The standard InChI is InChI=1S/C11H13NO5/c1-12(2)11(15)17-9-5-4-7(6-8(9)13)10(14)16-3/h4-6,13H,1-3H3. The molecule has 1 aromatic carbocycles. The molecule has 0 saturated carbocycles. The number of aromatic hydroxyl groups is 1. The lowest BCUT2D eigenvalue weighted by Gasteiger charge is -2.11. The van der Waals surface area contributed by atoms with Gasteiger partial charge in [-0.05, 0) is 18.2 Å². The molecule has 6 heteroatoms. The van der Waals surface area contributed by atoms with Crippen molar-refractivity contribution >= 4 is 12.1 Å². The monoisotopic (exact) mass is 239 g/mol. The number of carbonyl (C=O) groups excluding carboxylic acids is 2. The van der Waals surface area contributed by atoms with Gasteiger partial charge in [0.05, 0.1) is 12.7 Å². The number of rotatable bonds is 2. The van der Waals surface area contributed by atoms with E-state index in [0.29, 0.717) is 0 Å². The van der Waals surface area contributed by atoms with Gasteiger partial charge < -0.3 is 19.5 Å². The lowest BCUT2D eigenvalue weighted by atomic mass is 10.2. The van der Waals surface area contributed by atoms with E-state index in [4.69, 9.17) is 4.74 Å². The van der Waals surface area contributed by atoms with Gasteiger partial charge in [0.15, 0.2) is 11.5 Å². The van der Waals surface area contributed by atoms with Gasteiger partial charge in [0.1, 0.15) is 0 Å². The number of amides is 1. The number of esters is 1. The van der Waals surface area contributed by atoms with E-state index in [1.54, 1.807) is 0 Å². The molecular formula is C11H13NO5. The predicted molar refractivity (Wildman–Crippen MR) is 59.2 cm³/mol. The largest absolute Gasteiger partial charge is 0.504 e. The van der Waals surface area contributed by atoms with E-state index in [1.807, 2.05) is 0 Å². The SMILES string of the molecule is COC(=O)c1ccc(OC(=O)N(C)C)c(O)c1. The highest BCUT2D eigenvalue weighted by molar-refractivity contribution is 5.90. The molecule has 1 rings (SSSR count). The summed E-state index contributed by atoms with van der Waals surface area (Å²) in [4.78, 5) is 23.6. The van der Waals surface area contributed by atoms with Gasteiger partial charge in [0.25, 0.3) is 0 Å². The third-order valence-corrected chi connectivity index (χ3v) is 1.94. The molecule has 0 aliphatic carbocycles. The molecule has 0 aliphatic heterocycles. The molecule has 0 aromatic heterocycles. The van der Waals surface area contributed by atoms with Gasteiger partial charge in [0.2, 0.25) is 0 Å². The second-order valence-electron chi connectivity index (χ2n) is 3.44. The summed E-state index contributed by atoms with van der Waals surface area (Å²) in [6.07, 6.45) is -0.619. The highest BCUT2D eigenvalue weighted by atomic mass is 16.6. The molecule has 0 aliphatic rings. The smallest absolute Gasteiger partial charge is 0.414 e. The normalized spacial score (nSPS) is 9.59. The molecule has 0 saturated heterocycles. The molecular weight excluding hydrogens is 226 g/mol. The number of hydrogen-bond acceptors (Lipinski definition) is 5. The van der Waals surface area contributed by atoms with Gasteiger partial charge in [-0.2, -0.15) is 0 Å². The molecule has 0 bridgehead atoms. The van der Waals surface area contributed by atoms with Crippen LogP contribution in [0.3, 0.4) is 0 Å². The Kier molecular flexibility index (Phi) is 3.92. The first kappa shape index (κ1) is 12.8. The summed E-state index contributed by atoms with van der Waals surface area (Å²) < 4.78 is 9.34. The third-order valence-electron chi connectivity index (χ3n) is 1.94. The van der Waals surface area contributed by atoms with E-state index in [-0.39, 0.29) is 17.1 Å². The summed E-state index contributed by atoms with van der Waals surface area (Å²) in [5.41, 5.74) is 0.176. The van der Waals surface area contributed by atoms with Crippen LogP contribution in [0.25, 0.3) is 0 Å². The van der Waals surface area contributed by atoms with Crippen LogP contribution in [0.15, 0.2) is 18.2 Å². The van der Waals surface area contributed by atoms with Crippen LogP contribution >= 0.6 is 0 Å². The number of phenolic OH excluding ortho intramolecular Hbond substituents is 1. The lowest BCUT2D eigenvalue weighted by Crippen LogP contribution is -2.25. The highest BCUT2D eigenvalue weighted by Crippen LogP contribution is 2.27. The number of carbonyl (C=O) groups is 2. The number of methoxy groups -OCH3 is 1. The molecule has 0 heterocycles. The Bertz CT molecular complexity index is 441. The zero-order valence-corrected chi connectivity index (χ0v) is 9.76. The van der Waals surface area contributed by atoms with Gasteiger partial charge in [-0.3, -0.25) is 0 Å². The minimum atomic E-state index is -0.619. The molecule has 6 nitrogen and oxygen atoms in total. The van der Waals surface area contributed by atoms with Crippen molar-refractivity contribution in [3.8, 4) is 11.5 Å². The maximum Gasteiger partial charge on any atom is 0.414 e. The fourth-order valence-electron chi connectivity index (χ4n) is 1.03. The number of benzene rings is 1. The molecule has 0 unspecified atom stereocenters. The van der Waals surface area contributed by atoms with Crippen molar-refractivity contribution in [2.24, 2.45) is 0 Å². The van der Waals surface area contributed by atoms with Crippen LogP contribution in [0.5, 0.6) is 11.5 Å². The molecule has 1 aromatic rings. The van der Waals surface area contributed by atoms with Crippen molar-refractivity contribution in [3.63, 3.8) is 0 Å². The maximum atomic E-state index is 11.2.